The molecule has 2 atom stereocenters. The summed E-state index contributed by atoms with van der Waals surface area (Å²) >= 11 is 0. The maximum atomic E-state index is 14.3. The number of nitrogens with one attached hydrogen (secondary N) is 1. The molecule has 0 bridgehead atoms. The summed E-state index contributed by atoms with van der Waals surface area (Å²) in [6.45, 7) is 7.11. The summed E-state index contributed by atoms with van der Waals surface area (Å²) in [7, 11) is 1.62. The van der Waals surface area contributed by atoms with Crippen molar-refractivity contribution in [2.45, 2.75) is 58.2 Å². The van der Waals surface area contributed by atoms with Crippen molar-refractivity contribution in [1.82, 2.24) is 20.4 Å². The van der Waals surface area contributed by atoms with Crippen molar-refractivity contribution in [1.29, 1.82) is 0 Å². The number of fused-ring (bicyclic) bond motifs is 2. The highest BCUT2D eigenvalue weighted by atomic mass is 16.6. The zero-order valence-corrected chi connectivity index (χ0v) is 26.7. The number of esters is 1. The largest absolute Gasteiger partial charge is 0.460 e. The molecule has 1 aromatic heterocycles. The fourth-order valence-corrected chi connectivity index (χ4v) is 5.28. The van der Waals surface area contributed by atoms with Gasteiger partial charge in [-0.15, -0.1) is 0 Å². The van der Waals surface area contributed by atoms with Crippen LogP contribution in [0.5, 0.6) is 0 Å². The number of benzene rings is 4. The van der Waals surface area contributed by atoms with Crippen LogP contribution in [0.3, 0.4) is 0 Å². The molecule has 0 fully saturated rings. The van der Waals surface area contributed by atoms with Gasteiger partial charge in [0.2, 0.25) is 11.8 Å². The fraction of sp³-hybridized carbons (Fsp3) is 0.306. The molecule has 46 heavy (non-hydrogen) atoms. The Balaban J connectivity index is 1.49. The predicted octanol–water partition coefficient (Wildman–Crippen LogP) is 6.43. The molecular formula is C36H38N4O6. The summed E-state index contributed by atoms with van der Waals surface area (Å²) in [5.74, 6) is -1.30. The van der Waals surface area contributed by atoms with Gasteiger partial charge in [-0.1, -0.05) is 84.9 Å². The zero-order valence-electron chi connectivity index (χ0n) is 26.7. The first-order valence-corrected chi connectivity index (χ1v) is 15.2. The molecule has 5 rings (SSSR count). The van der Waals surface area contributed by atoms with Gasteiger partial charge in [-0.25, -0.2) is 9.59 Å². The molecule has 0 aliphatic carbocycles. The van der Waals surface area contributed by atoms with Crippen LogP contribution >= 0.6 is 0 Å². The van der Waals surface area contributed by atoms with Gasteiger partial charge in [0.05, 0.1) is 6.61 Å². The number of amides is 2. The van der Waals surface area contributed by atoms with E-state index in [0.717, 1.165) is 32.7 Å². The maximum absolute atomic E-state index is 14.3. The quantitative estimate of drug-likeness (QED) is 0.177. The molecule has 0 aliphatic heterocycles. The highest BCUT2D eigenvalue weighted by molar-refractivity contribution is 5.88. The first-order chi connectivity index (χ1) is 22.0. The number of likely N-dealkylation sites (N-methyl/N-ethyl adjacent to an activating group) is 1. The van der Waals surface area contributed by atoms with Gasteiger partial charge in [-0.3, -0.25) is 4.79 Å². The Bertz CT molecular complexity index is 1860. The molecule has 0 spiro atoms. The minimum absolute atomic E-state index is 0.0637. The fourth-order valence-electron chi connectivity index (χ4n) is 5.28. The monoisotopic (exact) mass is 622 g/mol. The summed E-state index contributed by atoms with van der Waals surface area (Å²) in [4.78, 5) is 45.5. The standard InChI is InChI=1S/C36H38N4O6/c1-6-44-34(42)31-38-32(46-39-31)30(22-24-16-18-26-12-8-10-14-28(26)20-24)40(5)33(41)29(37-35(43)45-36(2,3)4)21-23-15-17-25-11-7-9-13-27(25)19-23/h7-20,29-30H,6,21-22H2,1-5H3,(H,37,43)/t29-,30-/m1/s1. The summed E-state index contributed by atoms with van der Waals surface area (Å²) in [5.41, 5.74) is 0.999. The molecule has 1 N–H and O–H groups in total. The molecule has 0 saturated heterocycles. The predicted molar refractivity (Wildman–Crippen MR) is 174 cm³/mol. The SMILES string of the molecule is CCOC(=O)c1noc([C@@H](Cc2ccc3ccccc3c2)N(C)C(=O)[C@@H](Cc2ccc3ccccc3c2)NC(=O)OC(C)(C)C)n1. The molecule has 238 valence electrons. The third-order valence-corrected chi connectivity index (χ3v) is 7.49. The zero-order chi connectivity index (χ0) is 32.8. The van der Waals surface area contributed by atoms with Gasteiger partial charge < -0.3 is 24.2 Å². The maximum Gasteiger partial charge on any atom is 0.408 e. The lowest BCUT2D eigenvalue weighted by Gasteiger charge is -2.30. The molecular weight excluding hydrogens is 584 g/mol. The van der Waals surface area contributed by atoms with Crippen LogP contribution in [0.4, 0.5) is 4.79 Å². The van der Waals surface area contributed by atoms with Crippen molar-refractivity contribution < 1.29 is 28.4 Å². The average Bonchev–Trinajstić information content (AvgIpc) is 3.52. The van der Waals surface area contributed by atoms with Gasteiger partial charge in [0, 0.05) is 19.9 Å². The lowest BCUT2D eigenvalue weighted by atomic mass is 9.98. The number of alkyl carbamates (subject to hydrolysis) is 1. The second-order valence-electron chi connectivity index (χ2n) is 12.1. The van der Waals surface area contributed by atoms with Crippen molar-refractivity contribution in [3.63, 3.8) is 0 Å². The third kappa shape index (κ3) is 7.87. The Morgan fingerprint density at radius 3 is 1.98 bits per heavy atom. The van der Waals surface area contributed by atoms with Crippen LogP contribution in [0.25, 0.3) is 21.5 Å². The van der Waals surface area contributed by atoms with Crippen LogP contribution in [0.2, 0.25) is 0 Å². The topological polar surface area (TPSA) is 124 Å². The number of aromatic nitrogens is 2. The van der Waals surface area contributed by atoms with Crippen molar-refractivity contribution >= 4 is 39.5 Å². The van der Waals surface area contributed by atoms with E-state index in [9.17, 15) is 14.4 Å². The second kappa shape index (κ2) is 13.8. The molecule has 10 nitrogen and oxygen atoms in total. The van der Waals surface area contributed by atoms with E-state index in [4.69, 9.17) is 14.0 Å². The number of hydrogen-bond acceptors (Lipinski definition) is 8. The number of rotatable bonds is 10. The van der Waals surface area contributed by atoms with Crippen molar-refractivity contribution in [3.8, 4) is 0 Å². The lowest BCUT2D eigenvalue weighted by Crippen LogP contribution is -2.50. The average molecular weight is 623 g/mol. The van der Waals surface area contributed by atoms with Gasteiger partial charge in [0.1, 0.15) is 17.7 Å². The summed E-state index contributed by atoms with van der Waals surface area (Å²) < 4.78 is 16.1. The smallest absolute Gasteiger partial charge is 0.408 e. The number of carbonyl (C=O) groups is 3. The molecule has 0 aliphatic rings. The van der Waals surface area contributed by atoms with Crippen molar-refractivity contribution in [3.05, 3.63) is 108 Å². The summed E-state index contributed by atoms with van der Waals surface area (Å²) in [5, 5.41) is 10.8. The molecule has 2 amide bonds. The molecule has 5 aromatic rings. The minimum atomic E-state index is -0.993. The van der Waals surface area contributed by atoms with Gasteiger partial charge >= 0.3 is 12.1 Å². The Morgan fingerprint density at radius 2 is 1.41 bits per heavy atom. The second-order valence-corrected chi connectivity index (χ2v) is 12.1. The van der Waals surface area contributed by atoms with E-state index in [0.29, 0.717) is 6.42 Å². The van der Waals surface area contributed by atoms with Crippen LogP contribution in [0.15, 0.2) is 89.5 Å². The van der Waals surface area contributed by atoms with E-state index in [1.54, 1.807) is 34.7 Å². The molecule has 0 saturated carbocycles. The van der Waals surface area contributed by atoms with Crippen LogP contribution < -0.4 is 5.32 Å². The Kier molecular flexibility index (Phi) is 9.65. The lowest BCUT2D eigenvalue weighted by molar-refractivity contribution is -0.135. The molecule has 4 aromatic carbocycles. The van der Waals surface area contributed by atoms with Gasteiger partial charge in [0.15, 0.2) is 0 Å². The summed E-state index contributed by atoms with van der Waals surface area (Å²) in [6, 6.07) is 26.1. The Labute approximate surface area is 267 Å². The van der Waals surface area contributed by atoms with E-state index >= 15 is 0 Å². The highest BCUT2D eigenvalue weighted by Crippen LogP contribution is 2.27. The minimum Gasteiger partial charge on any atom is -0.460 e. The highest BCUT2D eigenvalue weighted by Gasteiger charge is 2.34. The molecule has 1 heterocycles. The Hall–Kier alpha value is -5.25. The van der Waals surface area contributed by atoms with E-state index in [1.807, 2.05) is 84.9 Å². The number of ether oxygens (including phenoxy) is 2. The van der Waals surface area contributed by atoms with Gasteiger partial charge in [-0.2, -0.15) is 4.98 Å². The van der Waals surface area contributed by atoms with Gasteiger partial charge in [0.25, 0.3) is 5.82 Å². The number of hydrogen-bond donors (Lipinski definition) is 1. The first kappa shape index (κ1) is 32.2. The van der Waals surface area contributed by atoms with Crippen LogP contribution in [-0.2, 0) is 27.1 Å². The van der Waals surface area contributed by atoms with E-state index in [1.165, 1.54) is 4.90 Å². The Morgan fingerprint density at radius 1 is 0.848 bits per heavy atom. The van der Waals surface area contributed by atoms with E-state index in [2.05, 4.69) is 15.5 Å². The van der Waals surface area contributed by atoms with Crippen LogP contribution in [-0.4, -0.2) is 58.3 Å². The molecule has 10 heteroatoms. The van der Waals surface area contributed by atoms with E-state index in [-0.39, 0.29) is 24.7 Å². The normalized spacial score (nSPS) is 12.8. The summed E-state index contributed by atoms with van der Waals surface area (Å²) in [6.07, 6.45) is -0.214. The van der Waals surface area contributed by atoms with Gasteiger partial charge in [-0.05, 0) is 65.5 Å². The van der Waals surface area contributed by atoms with Crippen molar-refractivity contribution in [2.75, 3.05) is 13.7 Å². The third-order valence-electron chi connectivity index (χ3n) is 7.49. The molecule has 0 unspecified atom stereocenters. The molecule has 0 radical (unpaired) electrons. The van der Waals surface area contributed by atoms with Crippen molar-refractivity contribution in [2.24, 2.45) is 0 Å². The first-order valence-electron chi connectivity index (χ1n) is 15.2. The number of nitrogens with zero attached hydrogens (tertiary/aromatic N) is 3. The van der Waals surface area contributed by atoms with Crippen LogP contribution in [0, 0.1) is 0 Å². The number of carbonyl (C=O) groups excluding carboxylic acids is 3. The van der Waals surface area contributed by atoms with Crippen LogP contribution in [0.1, 0.15) is 61.4 Å². The van der Waals surface area contributed by atoms with E-state index < -0.39 is 35.7 Å².